The molecule has 0 bridgehead atoms. The number of benzene rings is 1. The van der Waals surface area contributed by atoms with Gasteiger partial charge in [0.1, 0.15) is 0 Å². The van der Waals surface area contributed by atoms with Crippen LogP contribution in [0.2, 0.25) is 0 Å². The van der Waals surface area contributed by atoms with Crippen molar-refractivity contribution in [3.05, 3.63) is 33.8 Å². The maximum Gasteiger partial charge on any atom is 0.235 e. The second-order valence-electron chi connectivity index (χ2n) is 3.91. The van der Waals surface area contributed by atoms with Crippen molar-refractivity contribution in [2.24, 2.45) is 5.73 Å². The summed E-state index contributed by atoms with van der Waals surface area (Å²) >= 11 is 3.51. The van der Waals surface area contributed by atoms with Crippen LogP contribution in [0.3, 0.4) is 0 Å². The minimum Gasteiger partial charge on any atom is -0.368 e. The summed E-state index contributed by atoms with van der Waals surface area (Å²) in [5.41, 5.74) is 7.84. The van der Waals surface area contributed by atoms with Crippen LogP contribution < -0.4 is 5.73 Å². The number of hydrogen-bond acceptors (Lipinski definition) is 2. The number of hydrogen-bond donors (Lipinski definition) is 1. The molecule has 1 heterocycles. The van der Waals surface area contributed by atoms with E-state index in [0.717, 1.165) is 11.0 Å². The fraction of sp³-hybridized carbons (Fsp3) is 0.364. The van der Waals surface area contributed by atoms with Crippen LogP contribution in [0.1, 0.15) is 11.1 Å². The summed E-state index contributed by atoms with van der Waals surface area (Å²) in [5, 5.41) is 0. The van der Waals surface area contributed by atoms with E-state index in [1.807, 2.05) is 24.1 Å². The normalized spacial score (nSPS) is 21.1. The molecule has 1 atom stereocenters. The lowest BCUT2D eigenvalue weighted by Crippen LogP contribution is -2.46. The van der Waals surface area contributed by atoms with Crippen molar-refractivity contribution >= 4 is 21.8 Å². The molecule has 1 unspecified atom stereocenters. The Morgan fingerprint density at radius 2 is 2.33 bits per heavy atom. The third-order valence-corrected chi connectivity index (χ3v) is 3.64. The summed E-state index contributed by atoms with van der Waals surface area (Å²) in [4.78, 5) is 13.2. The number of carbonyl (C=O) groups is 1. The molecule has 0 spiro atoms. The summed E-state index contributed by atoms with van der Waals surface area (Å²) in [7, 11) is 1.93. The Labute approximate surface area is 97.4 Å². The van der Waals surface area contributed by atoms with Crippen LogP contribution in [0, 0.1) is 0 Å². The molecule has 0 saturated carbocycles. The van der Waals surface area contributed by atoms with Crippen molar-refractivity contribution in [2.45, 2.75) is 19.0 Å². The summed E-state index contributed by atoms with van der Waals surface area (Å²) in [6.07, 6.45) is 0.697. The molecule has 2 N–H and O–H groups in total. The minimum atomic E-state index is -0.251. The molecule has 3 nitrogen and oxygen atoms in total. The monoisotopic (exact) mass is 268 g/mol. The second-order valence-corrected chi connectivity index (χ2v) is 4.77. The molecule has 1 aromatic rings. The van der Waals surface area contributed by atoms with Gasteiger partial charge in [-0.15, -0.1) is 0 Å². The van der Waals surface area contributed by atoms with E-state index >= 15 is 0 Å². The van der Waals surface area contributed by atoms with Gasteiger partial charge in [0.05, 0.1) is 6.04 Å². The molecule has 1 aliphatic heterocycles. The summed E-state index contributed by atoms with van der Waals surface area (Å²) < 4.78 is 1.07. The minimum absolute atomic E-state index is 0.184. The lowest BCUT2D eigenvalue weighted by atomic mass is 9.94. The summed E-state index contributed by atoms with van der Waals surface area (Å²) in [6, 6.07) is 5.92. The van der Waals surface area contributed by atoms with Crippen LogP contribution in [0.5, 0.6) is 0 Å². The van der Waals surface area contributed by atoms with Gasteiger partial charge in [-0.1, -0.05) is 28.1 Å². The largest absolute Gasteiger partial charge is 0.368 e. The van der Waals surface area contributed by atoms with Gasteiger partial charge in [-0.3, -0.25) is 9.69 Å². The molecule has 0 fully saturated rings. The van der Waals surface area contributed by atoms with Gasteiger partial charge < -0.3 is 5.73 Å². The maximum atomic E-state index is 11.3. The predicted molar refractivity (Wildman–Crippen MR) is 62.3 cm³/mol. The van der Waals surface area contributed by atoms with Crippen LogP contribution >= 0.6 is 15.9 Å². The summed E-state index contributed by atoms with van der Waals surface area (Å²) in [6.45, 7) is 0.780. The number of primary amides is 1. The molecule has 1 aromatic carbocycles. The molecule has 2 rings (SSSR count). The van der Waals surface area contributed by atoms with Crippen LogP contribution in [-0.4, -0.2) is 23.9 Å². The van der Waals surface area contributed by atoms with E-state index in [1.165, 1.54) is 11.1 Å². The molecule has 0 radical (unpaired) electrons. The van der Waals surface area contributed by atoms with E-state index in [1.54, 1.807) is 0 Å². The number of amides is 1. The highest BCUT2D eigenvalue weighted by Crippen LogP contribution is 2.28. The average molecular weight is 269 g/mol. The van der Waals surface area contributed by atoms with E-state index in [9.17, 15) is 4.79 Å². The number of nitrogens with two attached hydrogens (primary N) is 1. The van der Waals surface area contributed by atoms with E-state index in [2.05, 4.69) is 22.0 Å². The van der Waals surface area contributed by atoms with Gasteiger partial charge in [0, 0.05) is 11.0 Å². The highest BCUT2D eigenvalue weighted by Gasteiger charge is 2.28. The van der Waals surface area contributed by atoms with E-state index in [0.29, 0.717) is 6.42 Å². The fourth-order valence-corrected chi connectivity index (χ4v) is 2.60. The number of rotatable bonds is 1. The highest BCUT2D eigenvalue weighted by molar-refractivity contribution is 9.10. The maximum absolute atomic E-state index is 11.3. The van der Waals surface area contributed by atoms with Gasteiger partial charge in [0.25, 0.3) is 0 Å². The van der Waals surface area contributed by atoms with Gasteiger partial charge in [0.2, 0.25) is 5.91 Å². The Morgan fingerprint density at radius 1 is 1.60 bits per heavy atom. The Balaban J connectivity index is 2.39. The Hall–Kier alpha value is -0.870. The quantitative estimate of drug-likeness (QED) is 0.835. The third-order valence-electron chi connectivity index (χ3n) is 2.89. The fourth-order valence-electron chi connectivity index (χ4n) is 2.03. The first-order valence-electron chi connectivity index (χ1n) is 4.85. The van der Waals surface area contributed by atoms with E-state index in [-0.39, 0.29) is 11.9 Å². The number of carbonyl (C=O) groups excluding carboxylic acids is 1. The molecular weight excluding hydrogens is 256 g/mol. The highest BCUT2D eigenvalue weighted by atomic mass is 79.9. The molecule has 1 aliphatic rings. The lowest BCUT2D eigenvalue weighted by Gasteiger charge is -2.32. The predicted octanol–water partition coefficient (Wildman–Crippen LogP) is 1.29. The number of nitrogens with zero attached hydrogens (tertiary/aromatic N) is 1. The second kappa shape index (κ2) is 3.94. The molecule has 1 amide bonds. The first-order chi connectivity index (χ1) is 7.09. The zero-order valence-electron chi connectivity index (χ0n) is 8.53. The van der Waals surface area contributed by atoms with Crippen molar-refractivity contribution in [1.82, 2.24) is 4.90 Å². The molecule has 0 aromatic heterocycles. The van der Waals surface area contributed by atoms with Crippen LogP contribution in [0.4, 0.5) is 0 Å². The third kappa shape index (κ3) is 1.92. The summed E-state index contributed by atoms with van der Waals surface area (Å²) in [5.74, 6) is -0.251. The van der Waals surface area contributed by atoms with Crippen LogP contribution in [0.15, 0.2) is 22.7 Å². The Kier molecular flexibility index (Phi) is 2.80. The lowest BCUT2D eigenvalue weighted by molar-refractivity contribution is -0.123. The van der Waals surface area contributed by atoms with Crippen molar-refractivity contribution in [2.75, 3.05) is 7.05 Å². The first-order valence-corrected chi connectivity index (χ1v) is 5.64. The molecule has 0 saturated heterocycles. The molecule has 80 valence electrons. The van der Waals surface area contributed by atoms with Crippen LogP contribution in [-0.2, 0) is 17.8 Å². The smallest absolute Gasteiger partial charge is 0.235 e. The zero-order chi connectivity index (χ0) is 11.0. The average Bonchev–Trinajstić information content (AvgIpc) is 2.16. The van der Waals surface area contributed by atoms with Crippen molar-refractivity contribution in [3.63, 3.8) is 0 Å². The van der Waals surface area contributed by atoms with Gasteiger partial charge in [-0.2, -0.15) is 0 Å². The van der Waals surface area contributed by atoms with Gasteiger partial charge >= 0.3 is 0 Å². The SMILES string of the molecule is CN1Cc2cccc(Br)c2CC1C(N)=O. The van der Waals surface area contributed by atoms with Gasteiger partial charge in [-0.25, -0.2) is 0 Å². The molecule has 0 aliphatic carbocycles. The first kappa shape index (κ1) is 10.6. The molecular formula is C11H13BrN2O. The number of likely N-dealkylation sites (N-methyl/N-ethyl adjacent to an activating group) is 1. The van der Waals surface area contributed by atoms with Crippen molar-refractivity contribution < 1.29 is 4.79 Å². The van der Waals surface area contributed by atoms with Gasteiger partial charge in [0.15, 0.2) is 0 Å². The van der Waals surface area contributed by atoms with E-state index in [4.69, 9.17) is 5.73 Å². The molecule has 4 heteroatoms. The molecule has 15 heavy (non-hydrogen) atoms. The van der Waals surface area contributed by atoms with E-state index < -0.39 is 0 Å². The van der Waals surface area contributed by atoms with Crippen molar-refractivity contribution in [1.29, 1.82) is 0 Å². The van der Waals surface area contributed by atoms with Gasteiger partial charge in [-0.05, 0) is 30.7 Å². The topological polar surface area (TPSA) is 46.3 Å². The van der Waals surface area contributed by atoms with Crippen LogP contribution in [0.25, 0.3) is 0 Å². The standard InChI is InChI=1S/C11H13BrN2O/c1-14-6-7-3-2-4-9(12)8(7)5-10(14)11(13)15/h2-4,10H,5-6H2,1H3,(H2,13,15). The van der Waals surface area contributed by atoms with Crippen molar-refractivity contribution in [3.8, 4) is 0 Å². The Morgan fingerprint density at radius 3 is 3.00 bits per heavy atom. The number of halogens is 1. The zero-order valence-corrected chi connectivity index (χ0v) is 10.1. The Bertz CT molecular complexity index is 406. The number of fused-ring (bicyclic) bond motifs is 1.